The van der Waals surface area contributed by atoms with Gasteiger partial charge in [0.05, 0.1) is 17.7 Å². The molecule has 0 saturated heterocycles. The van der Waals surface area contributed by atoms with Gasteiger partial charge in [-0.1, -0.05) is 18.0 Å². The van der Waals surface area contributed by atoms with E-state index < -0.39 is 11.8 Å². The molecule has 0 aromatic heterocycles. The van der Waals surface area contributed by atoms with Crippen LogP contribution in [0.5, 0.6) is 5.75 Å². The van der Waals surface area contributed by atoms with E-state index in [0.717, 1.165) is 43.2 Å². The fourth-order valence-electron chi connectivity index (χ4n) is 2.49. The van der Waals surface area contributed by atoms with Crippen molar-refractivity contribution in [1.82, 2.24) is 0 Å². The molecule has 5 heteroatoms. The van der Waals surface area contributed by atoms with Gasteiger partial charge >= 0.3 is 5.97 Å². The molecule has 102 valence electrons. The van der Waals surface area contributed by atoms with E-state index in [-0.39, 0.29) is 11.3 Å². The Morgan fingerprint density at radius 1 is 1.26 bits per heavy atom. The van der Waals surface area contributed by atoms with Gasteiger partial charge < -0.3 is 9.84 Å². The summed E-state index contributed by atoms with van der Waals surface area (Å²) < 4.78 is 5.14. The Hall–Kier alpha value is -1.55. The van der Waals surface area contributed by atoms with Gasteiger partial charge in [-0.25, -0.2) is 4.79 Å². The number of carboxylic acid groups (broad SMARTS) is 1. The predicted molar refractivity (Wildman–Crippen MR) is 71.2 cm³/mol. The van der Waals surface area contributed by atoms with Crippen LogP contribution in [0.3, 0.4) is 0 Å². The third-order valence-electron chi connectivity index (χ3n) is 3.43. The molecule has 19 heavy (non-hydrogen) atoms. The topological polar surface area (TPSA) is 63.6 Å². The number of hydrogen-bond donors (Lipinski definition) is 1. The van der Waals surface area contributed by atoms with Gasteiger partial charge in [0.15, 0.2) is 0 Å². The molecule has 0 bridgehead atoms. The van der Waals surface area contributed by atoms with E-state index in [2.05, 4.69) is 0 Å². The number of halogens is 1. The smallest absolute Gasteiger partial charge is 0.377 e. The number of ether oxygens (including phenoxy) is 1. The first-order chi connectivity index (χ1) is 9.06. The molecule has 0 fully saturated rings. The van der Waals surface area contributed by atoms with Crippen molar-refractivity contribution in [3.8, 4) is 5.75 Å². The Bertz CT molecular complexity index is 537. The highest BCUT2D eigenvalue weighted by Gasteiger charge is 2.25. The summed E-state index contributed by atoms with van der Waals surface area (Å²) in [7, 11) is 1.39. The van der Waals surface area contributed by atoms with Gasteiger partial charge in [0.25, 0.3) is 5.78 Å². The van der Waals surface area contributed by atoms with Crippen molar-refractivity contribution < 1.29 is 19.4 Å². The Morgan fingerprint density at radius 3 is 2.58 bits per heavy atom. The minimum atomic E-state index is -1.50. The zero-order valence-corrected chi connectivity index (χ0v) is 11.4. The van der Waals surface area contributed by atoms with Gasteiger partial charge in [0, 0.05) is 0 Å². The molecule has 0 saturated carbocycles. The van der Waals surface area contributed by atoms with Crippen molar-refractivity contribution in [3.63, 3.8) is 0 Å². The summed E-state index contributed by atoms with van der Waals surface area (Å²) in [5.74, 6) is -2.30. The summed E-state index contributed by atoms with van der Waals surface area (Å²) in [6.07, 6.45) is 4.83. The predicted octanol–water partition coefficient (Wildman–Crippen LogP) is 2.88. The monoisotopic (exact) mass is 282 g/mol. The zero-order valence-electron chi connectivity index (χ0n) is 10.7. The molecule has 0 amide bonds. The fraction of sp³-hybridized carbons (Fsp3) is 0.429. The molecule has 0 heterocycles. The van der Waals surface area contributed by atoms with E-state index in [1.165, 1.54) is 7.11 Å². The molecular formula is C14H15ClO4. The second kappa shape index (κ2) is 5.61. The Kier molecular flexibility index (Phi) is 4.10. The first kappa shape index (κ1) is 13.9. The van der Waals surface area contributed by atoms with Crippen LogP contribution < -0.4 is 4.74 Å². The molecule has 4 nitrogen and oxygen atoms in total. The zero-order chi connectivity index (χ0) is 14.0. The second-order valence-electron chi connectivity index (χ2n) is 4.60. The van der Waals surface area contributed by atoms with Crippen LogP contribution in [0.15, 0.2) is 6.07 Å². The number of aryl methyl sites for hydroxylation is 1. The molecule has 0 aliphatic heterocycles. The number of methoxy groups -OCH3 is 1. The third-order valence-corrected chi connectivity index (χ3v) is 3.83. The number of carbonyl (C=O) groups excluding carboxylic acids is 1. The van der Waals surface area contributed by atoms with Crippen LogP contribution in [0.4, 0.5) is 0 Å². The van der Waals surface area contributed by atoms with Crippen molar-refractivity contribution >= 4 is 23.4 Å². The second-order valence-corrected chi connectivity index (χ2v) is 4.98. The number of carboxylic acids is 1. The molecule has 0 atom stereocenters. The van der Waals surface area contributed by atoms with E-state index in [1.54, 1.807) is 6.07 Å². The van der Waals surface area contributed by atoms with Crippen LogP contribution in [0, 0.1) is 0 Å². The first-order valence-electron chi connectivity index (χ1n) is 6.22. The average molecular weight is 283 g/mol. The number of hydrogen-bond acceptors (Lipinski definition) is 3. The summed E-state index contributed by atoms with van der Waals surface area (Å²) in [6.45, 7) is 0. The maximum absolute atomic E-state index is 11.7. The number of Topliss-reactive ketones (excluding diaryl/α,β-unsaturated/α-hetero) is 1. The molecule has 1 aliphatic carbocycles. The number of carbonyl (C=O) groups is 2. The van der Waals surface area contributed by atoms with Gasteiger partial charge in [-0.2, -0.15) is 0 Å². The number of rotatable bonds is 3. The number of ketones is 1. The standard InChI is InChI=1S/C14H15ClO4/c1-19-13-10(12(16)14(17)18)7-8-5-3-2-4-6-9(8)11(13)15/h7H,2-6H2,1H3,(H,17,18). The third kappa shape index (κ3) is 2.59. The molecule has 0 unspecified atom stereocenters. The summed E-state index contributed by atoms with van der Waals surface area (Å²) in [5, 5.41) is 9.24. The maximum Gasteiger partial charge on any atom is 0.377 e. The Morgan fingerprint density at radius 2 is 1.95 bits per heavy atom. The lowest BCUT2D eigenvalue weighted by Crippen LogP contribution is -2.15. The molecule has 1 aromatic carbocycles. The van der Waals surface area contributed by atoms with E-state index >= 15 is 0 Å². The van der Waals surface area contributed by atoms with E-state index in [4.69, 9.17) is 21.4 Å². The minimum Gasteiger partial charge on any atom is -0.494 e. The van der Waals surface area contributed by atoms with Crippen molar-refractivity contribution in [2.45, 2.75) is 32.1 Å². The molecular weight excluding hydrogens is 268 g/mol. The van der Waals surface area contributed by atoms with E-state index in [9.17, 15) is 9.59 Å². The Balaban J connectivity index is 2.61. The quantitative estimate of drug-likeness (QED) is 0.526. The largest absolute Gasteiger partial charge is 0.494 e. The van der Waals surface area contributed by atoms with Crippen LogP contribution in [0.2, 0.25) is 5.02 Å². The number of fused-ring (bicyclic) bond motifs is 1. The van der Waals surface area contributed by atoms with Gasteiger partial charge in [-0.3, -0.25) is 4.79 Å². The summed E-state index contributed by atoms with van der Waals surface area (Å²) in [4.78, 5) is 22.6. The molecule has 0 spiro atoms. The van der Waals surface area contributed by atoms with Gasteiger partial charge in [-0.05, 0) is 42.9 Å². The highest BCUT2D eigenvalue weighted by molar-refractivity contribution is 6.42. The summed E-state index contributed by atoms with van der Waals surface area (Å²) >= 11 is 6.28. The van der Waals surface area contributed by atoms with Crippen LogP contribution in [-0.2, 0) is 17.6 Å². The van der Waals surface area contributed by atoms with Crippen LogP contribution >= 0.6 is 11.6 Å². The van der Waals surface area contributed by atoms with Crippen LogP contribution in [0.1, 0.15) is 40.7 Å². The van der Waals surface area contributed by atoms with Gasteiger partial charge in [-0.15, -0.1) is 0 Å². The van der Waals surface area contributed by atoms with E-state index in [1.807, 2.05) is 0 Å². The van der Waals surface area contributed by atoms with Gasteiger partial charge in [0.1, 0.15) is 5.75 Å². The normalized spacial score (nSPS) is 14.4. The molecule has 1 aromatic rings. The van der Waals surface area contributed by atoms with Crippen LogP contribution in [0.25, 0.3) is 0 Å². The minimum absolute atomic E-state index is 0.0423. The average Bonchev–Trinajstić information content (AvgIpc) is 2.63. The van der Waals surface area contributed by atoms with E-state index in [0.29, 0.717) is 5.02 Å². The van der Waals surface area contributed by atoms with Gasteiger partial charge in [0.2, 0.25) is 0 Å². The molecule has 2 rings (SSSR count). The molecule has 1 N–H and O–H groups in total. The number of benzene rings is 1. The highest BCUT2D eigenvalue weighted by Crippen LogP contribution is 2.37. The lowest BCUT2D eigenvalue weighted by atomic mass is 9.97. The summed E-state index contributed by atoms with van der Waals surface area (Å²) in [5.41, 5.74) is 1.99. The lowest BCUT2D eigenvalue weighted by Gasteiger charge is -2.15. The van der Waals surface area contributed by atoms with Crippen LogP contribution in [-0.4, -0.2) is 24.0 Å². The molecule has 1 aliphatic rings. The number of aliphatic carboxylic acids is 1. The summed E-state index contributed by atoms with van der Waals surface area (Å²) in [6, 6.07) is 1.63. The van der Waals surface area contributed by atoms with Crippen molar-refractivity contribution in [3.05, 3.63) is 27.8 Å². The lowest BCUT2D eigenvalue weighted by molar-refractivity contribution is -0.131. The highest BCUT2D eigenvalue weighted by atomic mass is 35.5. The SMILES string of the molecule is COc1c(C(=O)C(=O)O)cc2c(c1Cl)CCCCC2. The maximum atomic E-state index is 11.7. The first-order valence-corrected chi connectivity index (χ1v) is 6.60. The van der Waals surface area contributed by atoms with Crippen molar-refractivity contribution in [1.29, 1.82) is 0 Å². The Labute approximate surface area is 116 Å². The van der Waals surface area contributed by atoms with Crippen molar-refractivity contribution in [2.24, 2.45) is 0 Å². The fourth-order valence-corrected chi connectivity index (χ4v) is 2.89. The van der Waals surface area contributed by atoms with Crippen molar-refractivity contribution in [2.75, 3.05) is 7.11 Å². The molecule has 0 radical (unpaired) electrons.